The van der Waals surface area contributed by atoms with Crippen LogP contribution in [0.1, 0.15) is 44.5 Å². The summed E-state index contributed by atoms with van der Waals surface area (Å²) in [6.07, 6.45) is 1.26. The molecule has 0 radical (unpaired) electrons. The number of benzene rings is 2. The SMILES string of the molecule is Cc1ccc(C(=O)OC[C@H]2O[C@@H](n3cc[nH]c3=O)C[C@H]2OC(=O)c2ccc(C)cc2)cc1. The Bertz CT molecular complexity index is 1150. The number of carbonyl (C=O) groups excluding carboxylic acids is 2. The number of hydrogen-bond donors (Lipinski definition) is 1. The van der Waals surface area contributed by atoms with Crippen molar-refractivity contribution in [2.75, 3.05) is 6.61 Å². The lowest BCUT2D eigenvalue weighted by Gasteiger charge is -2.19. The molecule has 1 N–H and O–H groups in total. The number of imidazole rings is 1. The third-order valence-corrected chi connectivity index (χ3v) is 5.38. The molecule has 1 aliphatic rings. The van der Waals surface area contributed by atoms with Gasteiger partial charge in [-0.1, -0.05) is 35.4 Å². The van der Waals surface area contributed by atoms with Crippen molar-refractivity contribution in [3.05, 3.63) is 93.7 Å². The molecule has 8 heteroatoms. The predicted octanol–water partition coefficient (Wildman–Crippen LogP) is 3.16. The lowest BCUT2D eigenvalue weighted by molar-refractivity contribution is -0.0578. The minimum Gasteiger partial charge on any atom is -0.459 e. The number of aryl methyl sites for hydroxylation is 2. The van der Waals surface area contributed by atoms with Gasteiger partial charge in [0.1, 0.15) is 25.0 Å². The zero-order valence-corrected chi connectivity index (χ0v) is 17.8. The summed E-state index contributed by atoms with van der Waals surface area (Å²) in [4.78, 5) is 39.6. The maximum absolute atomic E-state index is 12.6. The Hall–Kier alpha value is -3.65. The molecule has 0 aliphatic carbocycles. The van der Waals surface area contributed by atoms with E-state index < -0.39 is 30.4 Å². The summed E-state index contributed by atoms with van der Waals surface area (Å²) in [7, 11) is 0. The first kappa shape index (κ1) is 21.6. The number of ether oxygens (including phenoxy) is 3. The van der Waals surface area contributed by atoms with Gasteiger partial charge in [-0.3, -0.25) is 4.57 Å². The first-order valence-corrected chi connectivity index (χ1v) is 10.3. The van der Waals surface area contributed by atoms with E-state index in [9.17, 15) is 14.4 Å². The first-order valence-electron chi connectivity index (χ1n) is 10.3. The van der Waals surface area contributed by atoms with Gasteiger partial charge in [0.05, 0.1) is 11.1 Å². The quantitative estimate of drug-likeness (QED) is 0.596. The highest BCUT2D eigenvalue weighted by molar-refractivity contribution is 5.90. The molecule has 1 aromatic heterocycles. The van der Waals surface area contributed by atoms with Crippen molar-refractivity contribution in [1.29, 1.82) is 0 Å². The van der Waals surface area contributed by atoms with Gasteiger partial charge in [0.25, 0.3) is 0 Å². The molecule has 0 bridgehead atoms. The molecule has 0 saturated carbocycles. The van der Waals surface area contributed by atoms with Crippen molar-refractivity contribution in [3.63, 3.8) is 0 Å². The minimum atomic E-state index is -0.717. The zero-order valence-electron chi connectivity index (χ0n) is 17.8. The van der Waals surface area contributed by atoms with Crippen molar-refractivity contribution in [2.45, 2.75) is 38.7 Å². The van der Waals surface area contributed by atoms with E-state index in [2.05, 4.69) is 4.98 Å². The molecule has 3 aromatic rings. The third kappa shape index (κ3) is 4.81. The number of aromatic amines is 1. The van der Waals surface area contributed by atoms with Crippen LogP contribution in [0.3, 0.4) is 0 Å². The summed E-state index contributed by atoms with van der Waals surface area (Å²) in [5.41, 5.74) is 2.55. The van der Waals surface area contributed by atoms with Crippen LogP contribution < -0.4 is 5.69 Å². The van der Waals surface area contributed by atoms with Crippen molar-refractivity contribution in [1.82, 2.24) is 9.55 Å². The summed E-state index contributed by atoms with van der Waals surface area (Å²) in [6.45, 7) is 3.74. The van der Waals surface area contributed by atoms with Crippen LogP contribution in [0.2, 0.25) is 0 Å². The largest absolute Gasteiger partial charge is 0.459 e. The molecule has 4 rings (SSSR count). The highest BCUT2D eigenvalue weighted by atomic mass is 16.6. The standard InChI is InChI=1S/C24H24N2O6/c1-15-3-7-17(8-4-15)22(27)30-14-20-19(13-21(31-20)26-12-11-25-24(26)29)32-23(28)18-9-5-16(2)6-10-18/h3-12,19-21H,13-14H2,1-2H3,(H,25,29)/t19-,20-,21-/m1/s1. The van der Waals surface area contributed by atoms with Gasteiger partial charge in [-0.25, -0.2) is 14.4 Å². The molecule has 8 nitrogen and oxygen atoms in total. The van der Waals surface area contributed by atoms with Gasteiger partial charge in [-0.2, -0.15) is 0 Å². The van der Waals surface area contributed by atoms with Crippen molar-refractivity contribution in [2.24, 2.45) is 0 Å². The second-order valence-electron chi connectivity index (χ2n) is 7.81. The van der Waals surface area contributed by atoms with Crippen LogP contribution in [0.5, 0.6) is 0 Å². The van der Waals surface area contributed by atoms with Crippen LogP contribution in [0, 0.1) is 13.8 Å². The smallest absolute Gasteiger partial charge is 0.338 e. The monoisotopic (exact) mass is 436 g/mol. The van der Waals surface area contributed by atoms with E-state index in [1.54, 1.807) is 30.5 Å². The molecule has 0 amide bonds. The summed E-state index contributed by atoms with van der Waals surface area (Å²) < 4.78 is 18.5. The second-order valence-corrected chi connectivity index (χ2v) is 7.81. The van der Waals surface area contributed by atoms with Gasteiger partial charge in [0.2, 0.25) is 0 Å². The van der Waals surface area contributed by atoms with Crippen molar-refractivity contribution < 1.29 is 23.8 Å². The topological polar surface area (TPSA) is 99.6 Å². The van der Waals surface area contributed by atoms with Crippen molar-refractivity contribution in [3.8, 4) is 0 Å². The van der Waals surface area contributed by atoms with Crippen LogP contribution in [0.15, 0.2) is 65.7 Å². The van der Waals surface area contributed by atoms with E-state index in [1.165, 1.54) is 10.8 Å². The number of H-pyrrole nitrogens is 1. The first-order chi connectivity index (χ1) is 15.4. The summed E-state index contributed by atoms with van der Waals surface area (Å²) in [6, 6.07) is 14.0. The Labute approximate surface area is 184 Å². The molecule has 1 aliphatic heterocycles. The van der Waals surface area contributed by atoms with Gasteiger partial charge in [-0.05, 0) is 38.1 Å². The Kier molecular flexibility index (Phi) is 6.23. The number of hydrogen-bond acceptors (Lipinski definition) is 6. The maximum atomic E-state index is 12.6. The van der Waals surface area contributed by atoms with E-state index in [0.717, 1.165) is 11.1 Å². The van der Waals surface area contributed by atoms with Crippen molar-refractivity contribution >= 4 is 11.9 Å². The van der Waals surface area contributed by atoms with E-state index >= 15 is 0 Å². The lowest BCUT2D eigenvalue weighted by atomic mass is 10.1. The second kappa shape index (κ2) is 9.23. The van der Waals surface area contributed by atoms with Gasteiger partial charge >= 0.3 is 17.6 Å². The number of aromatic nitrogens is 2. The van der Waals surface area contributed by atoms with Crippen LogP contribution in [-0.4, -0.2) is 40.3 Å². The Morgan fingerprint density at radius 1 is 1.00 bits per heavy atom. The molecular weight excluding hydrogens is 412 g/mol. The van der Waals surface area contributed by atoms with Crippen LogP contribution >= 0.6 is 0 Å². The molecule has 1 saturated heterocycles. The molecule has 32 heavy (non-hydrogen) atoms. The highest BCUT2D eigenvalue weighted by Gasteiger charge is 2.40. The molecule has 1 fully saturated rings. The number of nitrogens with zero attached hydrogens (tertiary/aromatic N) is 1. The fourth-order valence-electron chi connectivity index (χ4n) is 3.53. The Morgan fingerprint density at radius 3 is 2.16 bits per heavy atom. The van der Waals surface area contributed by atoms with Gasteiger partial charge < -0.3 is 19.2 Å². The molecular formula is C24H24N2O6. The molecule has 3 atom stereocenters. The number of rotatable bonds is 6. The van der Waals surface area contributed by atoms with Crippen LogP contribution in [-0.2, 0) is 14.2 Å². The number of esters is 2. The van der Waals surface area contributed by atoms with E-state index in [1.807, 2.05) is 38.1 Å². The van der Waals surface area contributed by atoms with E-state index in [-0.39, 0.29) is 18.7 Å². The fourth-order valence-corrected chi connectivity index (χ4v) is 3.53. The summed E-state index contributed by atoms with van der Waals surface area (Å²) >= 11 is 0. The summed E-state index contributed by atoms with van der Waals surface area (Å²) in [5, 5.41) is 0. The molecule has 0 spiro atoms. The van der Waals surface area contributed by atoms with Gasteiger partial charge in [0, 0.05) is 18.8 Å². The number of carbonyl (C=O) groups is 2. The van der Waals surface area contributed by atoms with Gasteiger partial charge in [0.15, 0.2) is 0 Å². The minimum absolute atomic E-state index is 0.117. The summed E-state index contributed by atoms with van der Waals surface area (Å²) in [5.74, 6) is -1.00. The Balaban J connectivity index is 1.47. The predicted molar refractivity (Wildman–Crippen MR) is 115 cm³/mol. The lowest BCUT2D eigenvalue weighted by Crippen LogP contribution is -2.32. The van der Waals surface area contributed by atoms with Crippen LogP contribution in [0.25, 0.3) is 0 Å². The molecule has 2 heterocycles. The molecule has 166 valence electrons. The average Bonchev–Trinajstić information content (AvgIpc) is 3.38. The zero-order chi connectivity index (χ0) is 22.7. The number of nitrogens with one attached hydrogen (secondary N) is 1. The molecule has 2 aromatic carbocycles. The van der Waals surface area contributed by atoms with Gasteiger partial charge in [-0.15, -0.1) is 0 Å². The van der Waals surface area contributed by atoms with Crippen LogP contribution in [0.4, 0.5) is 0 Å². The fraction of sp³-hybridized carbons (Fsp3) is 0.292. The average molecular weight is 436 g/mol. The van der Waals surface area contributed by atoms with E-state index in [4.69, 9.17) is 14.2 Å². The van der Waals surface area contributed by atoms with E-state index in [0.29, 0.717) is 11.1 Å². The highest BCUT2D eigenvalue weighted by Crippen LogP contribution is 2.31. The third-order valence-electron chi connectivity index (χ3n) is 5.38. The maximum Gasteiger partial charge on any atom is 0.338 e. The Morgan fingerprint density at radius 2 is 1.59 bits per heavy atom. The molecule has 0 unspecified atom stereocenters. The normalized spacial score (nSPS) is 20.1.